The smallest absolute Gasteiger partial charge is 0.00684 e. The van der Waals surface area contributed by atoms with Crippen molar-refractivity contribution in [2.75, 3.05) is 0 Å². The molecule has 0 aromatic heterocycles. The van der Waals surface area contributed by atoms with Gasteiger partial charge in [-0.1, -0.05) is 113 Å². The number of rotatable bonds is 2. The highest BCUT2D eigenvalue weighted by Gasteiger charge is 2.53. The Balaban J connectivity index is 6.21. The lowest BCUT2D eigenvalue weighted by Gasteiger charge is -2.60. The normalized spacial score (nSPS) is 16.0. The first-order valence-electron chi connectivity index (χ1n) is 8.34. The molecule has 0 N–H and O–H groups in total. The molecule has 0 amide bonds. The van der Waals surface area contributed by atoms with Crippen LogP contribution < -0.4 is 0 Å². The average Bonchev–Trinajstić information content (AvgIpc) is 1.84. The average molecular weight is 332 g/mol. The lowest BCUT2D eigenvalue weighted by atomic mass is 10.2. The van der Waals surface area contributed by atoms with Crippen LogP contribution in [0.3, 0.4) is 0 Å². The topological polar surface area (TPSA) is 0 Å². The lowest BCUT2D eigenvalue weighted by molar-refractivity contribution is 0.650. The van der Waals surface area contributed by atoms with Crippen molar-refractivity contribution in [1.29, 1.82) is 0 Å². The molecule has 21 heavy (non-hydrogen) atoms. The van der Waals surface area contributed by atoms with Crippen LogP contribution >= 0.6 is 15.8 Å². The van der Waals surface area contributed by atoms with Crippen molar-refractivity contribution < 1.29 is 0 Å². The third kappa shape index (κ3) is 5.46. The molecule has 0 aromatic rings. The molecular weight excluding hydrogens is 290 g/mol. The minimum absolute atomic E-state index is 0.125. The molecule has 0 aromatic carbocycles. The van der Waals surface area contributed by atoms with Crippen molar-refractivity contribution in [2.24, 2.45) is 0 Å². The van der Waals surface area contributed by atoms with Crippen LogP contribution in [0.4, 0.5) is 0 Å². The van der Waals surface area contributed by atoms with Gasteiger partial charge in [0.1, 0.15) is 0 Å². The molecule has 128 valence electrons. The second-order valence-electron chi connectivity index (χ2n) is 10.8. The zero-order valence-electron chi connectivity index (χ0n) is 17.4. The Morgan fingerprint density at radius 2 is 0.476 bits per heavy atom. The van der Waals surface area contributed by atoms with E-state index in [1.165, 1.54) is 0 Å². The summed E-state index contributed by atoms with van der Waals surface area (Å²) in [6.07, 6.45) is 0. The van der Waals surface area contributed by atoms with Crippen LogP contribution in [0.5, 0.6) is 0 Å². The molecule has 0 atom stereocenters. The molecule has 0 saturated heterocycles. The van der Waals surface area contributed by atoms with Gasteiger partial charge >= 0.3 is 0 Å². The van der Waals surface area contributed by atoms with Crippen molar-refractivity contribution in [1.82, 2.24) is 0 Å². The summed E-state index contributed by atoms with van der Waals surface area (Å²) in [5, 5.41) is 1.53. The van der Waals surface area contributed by atoms with E-state index in [0.717, 1.165) is 0 Å². The van der Waals surface area contributed by atoms with Crippen molar-refractivity contribution in [3.8, 4) is 0 Å². The fourth-order valence-electron chi connectivity index (χ4n) is 5.40. The summed E-state index contributed by atoms with van der Waals surface area (Å²) in [7, 11) is -0.250. The number of hydrogen-bond donors (Lipinski definition) is 0. The van der Waals surface area contributed by atoms with Gasteiger partial charge in [0, 0.05) is 4.90 Å². The third-order valence-corrected chi connectivity index (χ3v) is 12.5. The Kier molecular flexibility index (Phi) is 6.30. The van der Waals surface area contributed by atoms with Gasteiger partial charge in [0.2, 0.25) is 0 Å². The molecule has 0 heterocycles. The van der Waals surface area contributed by atoms with Crippen LogP contribution in [0.25, 0.3) is 0 Å². The van der Waals surface area contributed by atoms with E-state index in [4.69, 9.17) is 0 Å². The molecule has 0 rings (SSSR count). The third-order valence-electron chi connectivity index (χ3n) is 3.78. The maximum atomic E-state index is 2.58. The summed E-state index contributed by atoms with van der Waals surface area (Å²) in [5.74, 6) is 0. The fourth-order valence-corrected chi connectivity index (χ4v) is 20.4. The van der Waals surface area contributed by atoms with Gasteiger partial charge in [-0.25, -0.2) is 0 Å². The first-order chi connectivity index (χ1) is 8.73. The van der Waals surface area contributed by atoms with Crippen LogP contribution in [0.1, 0.15) is 96.9 Å². The van der Waals surface area contributed by atoms with E-state index < -0.39 is 0 Å². The van der Waals surface area contributed by atoms with E-state index in [1.54, 1.807) is 0 Å². The maximum absolute atomic E-state index is 2.58. The zero-order valence-corrected chi connectivity index (χ0v) is 19.2. The Morgan fingerprint density at radius 3 is 0.571 bits per heavy atom. The maximum Gasteiger partial charge on any atom is 0.00684 e. The molecule has 0 fully saturated rings. The van der Waals surface area contributed by atoms with Crippen molar-refractivity contribution >= 4 is 15.8 Å². The molecule has 0 spiro atoms. The zero-order chi connectivity index (χ0) is 17.7. The minimum Gasteiger partial charge on any atom is -0.0853 e. The van der Waals surface area contributed by atoms with Crippen molar-refractivity contribution in [3.05, 3.63) is 0 Å². The van der Waals surface area contributed by atoms with Gasteiger partial charge in [-0.2, -0.15) is 0 Å². The molecule has 0 aliphatic carbocycles. The molecule has 0 bridgehead atoms. The molecule has 0 radical (unpaired) electrons. The van der Waals surface area contributed by atoms with Crippen molar-refractivity contribution in [2.45, 2.75) is 122 Å². The predicted octanol–water partition coefficient (Wildman–Crippen LogP) is 7.88. The van der Waals surface area contributed by atoms with Gasteiger partial charge in [-0.3, -0.25) is 0 Å². The largest absolute Gasteiger partial charge is 0.0853 e. The molecule has 0 aliphatic rings. The van der Waals surface area contributed by atoms with E-state index in [-0.39, 0.29) is 15.8 Å². The second-order valence-corrected chi connectivity index (χ2v) is 20.1. The van der Waals surface area contributed by atoms with Crippen LogP contribution in [0.15, 0.2) is 0 Å². The second kappa shape index (κ2) is 6.06. The highest BCUT2D eigenvalue weighted by Crippen LogP contribution is 2.82. The Bertz CT molecular complexity index is 278. The Hall–Kier alpha value is 0.860. The van der Waals surface area contributed by atoms with E-state index in [0.29, 0.717) is 25.5 Å². The van der Waals surface area contributed by atoms with Gasteiger partial charge in [0.25, 0.3) is 0 Å². The van der Waals surface area contributed by atoms with Crippen LogP contribution in [-0.2, 0) is 0 Å². The van der Waals surface area contributed by atoms with Crippen molar-refractivity contribution in [3.63, 3.8) is 0 Å². The van der Waals surface area contributed by atoms with Gasteiger partial charge in [0.05, 0.1) is 0 Å². The summed E-state index contributed by atoms with van der Waals surface area (Å²) in [4.78, 5) is 0.400. The van der Waals surface area contributed by atoms with E-state index in [9.17, 15) is 0 Å². The minimum atomic E-state index is -0.125. The van der Waals surface area contributed by atoms with E-state index in [1.807, 2.05) is 0 Å². The van der Waals surface area contributed by atoms with Gasteiger partial charge in [-0.05, 0) is 20.6 Å². The van der Waals surface area contributed by atoms with E-state index >= 15 is 0 Å². The Labute approximate surface area is 138 Å². The standard InChI is InChI=1S/C19H42P2/c1-15(2,3)20(16(4,5)6)19(13,14)21(17(7,8)9)18(10,11)12/h1-14H3. The van der Waals surface area contributed by atoms with Crippen LogP contribution in [-0.4, -0.2) is 25.5 Å². The first kappa shape index (κ1) is 21.9. The highest BCUT2D eigenvalue weighted by atomic mass is 31.2. The van der Waals surface area contributed by atoms with Gasteiger partial charge in [-0.15, -0.1) is 0 Å². The SMILES string of the molecule is CC(C)(C)P(C(C)(C)C)C(C)(C)P(C(C)(C)C)C(C)(C)C. The summed E-state index contributed by atoms with van der Waals surface area (Å²) in [6.45, 7) is 34.7. The van der Waals surface area contributed by atoms with Crippen LogP contribution in [0.2, 0.25) is 0 Å². The monoisotopic (exact) mass is 332 g/mol. The molecule has 0 nitrogen and oxygen atoms in total. The quantitative estimate of drug-likeness (QED) is 0.451. The molecular formula is C19H42P2. The van der Waals surface area contributed by atoms with E-state index in [2.05, 4.69) is 96.9 Å². The molecule has 0 unspecified atom stereocenters. The predicted molar refractivity (Wildman–Crippen MR) is 107 cm³/mol. The summed E-state index contributed by atoms with van der Waals surface area (Å²) >= 11 is 0. The fraction of sp³-hybridized carbons (Fsp3) is 1.00. The Morgan fingerprint density at radius 1 is 0.333 bits per heavy atom. The number of hydrogen-bond acceptors (Lipinski definition) is 0. The molecule has 0 saturated carbocycles. The first-order valence-corrected chi connectivity index (χ1v) is 11.0. The summed E-state index contributed by atoms with van der Waals surface area (Å²) in [5.41, 5.74) is 0. The van der Waals surface area contributed by atoms with Crippen LogP contribution in [0, 0.1) is 0 Å². The highest BCUT2D eigenvalue weighted by molar-refractivity contribution is 7.80. The summed E-state index contributed by atoms with van der Waals surface area (Å²) < 4.78 is 0. The molecule has 0 aliphatic heterocycles. The van der Waals surface area contributed by atoms with Gasteiger partial charge < -0.3 is 0 Å². The summed E-state index contributed by atoms with van der Waals surface area (Å²) in [6, 6.07) is 0. The lowest BCUT2D eigenvalue weighted by Crippen LogP contribution is -2.42. The van der Waals surface area contributed by atoms with Gasteiger partial charge in [0.15, 0.2) is 0 Å². The molecule has 2 heteroatoms.